The molecule has 2 atom stereocenters. The first-order chi connectivity index (χ1) is 17.8. The van der Waals surface area contributed by atoms with Crippen LogP contribution in [0.15, 0.2) is 42.9 Å². The van der Waals surface area contributed by atoms with E-state index in [2.05, 4.69) is 20.9 Å². The van der Waals surface area contributed by atoms with Crippen molar-refractivity contribution in [2.24, 2.45) is 0 Å². The number of esters is 1. The second-order valence-electron chi connectivity index (χ2n) is 10.3. The SMILES string of the molecule is CCC[C@@H](NC(=O)C(C)(C)NC(=O)OC(C)(C)C)C(=O)Nc1cn(C(C(=O)OCC)c2ccccc2)cn1. The Hall–Kier alpha value is -3.89. The van der Waals surface area contributed by atoms with Crippen LogP contribution >= 0.6 is 0 Å². The van der Waals surface area contributed by atoms with Gasteiger partial charge in [-0.2, -0.15) is 0 Å². The second-order valence-corrected chi connectivity index (χ2v) is 10.3. The van der Waals surface area contributed by atoms with E-state index in [0.717, 1.165) is 0 Å². The van der Waals surface area contributed by atoms with Crippen molar-refractivity contribution in [1.82, 2.24) is 20.2 Å². The number of hydrogen-bond acceptors (Lipinski definition) is 7. The Balaban J connectivity index is 2.14. The van der Waals surface area contributed by atoms with Crippen molar-refractivity contribution < 1.29 is 28.7 Å². The summed E-state index contributed by atoms with van der Waals surface area (Å²) in [4.78, 5) is 55.1. The van der Waals surface area contributed by atoms with Gasteiger partial charge in [-0.3, -0.25) is 9.59 Å². The molecule has 208 valence electrons. The van der Waals surface area contributed by atoms with Gasteiger partial charge in [0.25, 0.3) is 0 Å². The predicted molar refractivity (Wildman–Crippen MR) is 142 cm³/mol. The van der Waals surface area contributed by atoms with Crippen LogP contribution in [0, 0.1) is 0 Å². The van der Waals surface area contributed by atoms with Gasteiger partial charge in [0.1, 0.15) is 17.2 Å². The first kappa shape index (κ1) is 30.3. The molecule has 2 rings (SSSR count). The molecule has 1 heterocycles. The molecule has 0 spiro atoms. The molecular weight excluding hydrogens is 490 g/mol. The fourth-order valence-electron chi connectivity index (χ4n) is 3.55. The summed E-state index contributed by atoms with van der Waals surface area (Å²) in [6.07, 6.45) is 3.20. The summed E-state index contributed by atoms with van der Waals surface area (Å²) in [5.74, 6) is -1.27. The molecule has 0 aliphatic rings. The standard InChI is InChI=1S/C27H39N5O6/c1-8-13-19(29-24(35)27(6,7)31-25(36)38-26(3,4)5)22(33)30-20-16-32(17-28-20)21(23(34)37-9-2)18-14-11-10-12-15-18/h10-12,14-17,19,21H,8-9,13H2,1-7H3,(H,29,35)(H,30,33)(H,31,36)/t19-,21?/m1/s1. The maximum Gasteiger partial charge on any atom is 0.408 e. The minimum absolute atomic E-state index is 0.210. The van der Waals surface area contributed by atoms with Gasteiger partial charge in [0, 0.05) is 6.20 Å². The monoisotopic (exact) mass is 529 g/mol. The molecular formula is C27H39N5O6. The van der Waals surface area contributed by atoms with E-state index in [0.29, 0.717) is 18.4 Å². The Morgan fingerprint density at radius 2 is 1.68 bits per heavy atom. The minimum Gasteiger partial charge on any atom is -0.464 e. The maximum absolute atomic E-state index is 13.1. The number of ether oxygens (including phenoxy) is 2. The van der Waals surface area contributed by atoms with E-state index in [1.807, 2.05) is 25.1 Å². The molecule has 1 aromatic heterocycles. The predicted octanol–water partition coefficient (Wildman–Crippen LogP) is 3.56. The summed E-state index contributed by atoms with van der Waals surface area (Å²) < 4.78 is 12.0. The summed E-state index contributed by atoms with van der Waals surface area (Å²) in [6, 6.07) is 7.43. The first-order valence-electron chi connectivity index (χ1n) is 12.7. The van der Waals surface area contributed by atoms with Crippen molar-refractivity contribution in [2.75, 3.05) is 11.9 Å². The average molecular weight is 530 g/mol. The number of carbonyl (C=O) groups excluding carboxylic acids is 4. The van der Waals surface area contributed by atoms with Crippen molar-refractivity contribution in [1.29, 1.82) is 0 Å². The largest absolute Gasteiger partial charge is 0.464 e. The highest BCUT2D eigenvalue weighted by Gasteiger charge is 2.34. The third-order valence-corrected chi connectivity index (χ3v) is 5.36. The number of aromatic nitrogens is 2. The number of amides is 3. The Morgan fingerprint density at radius 3 is 2.26 bits per heavy atom. The van der Waals surface area contributed by atoms with Crippen LogP contribution in [0.25, 0.3) is 0 Å². The Kier molecular flexibility index (Phi) is 10.4. The summed E-state index contributed by atoms with van der Waals surface area (Å²) >= 11 is 0. The molecule has 0 aliphatic carbocycles. The Morgan fingerprint density at radius 1 is 1.03 bits per heavy atom. The van der Waals surface area contributed by atoms with Crippen molar-refractivity contribution in [3.63, 3.8) is 0 Å². The summed E-state index contributed by atoms with van der Waals surface area (Å²) in [7, 11) is 0. The molecule has 11 nitrogen and oxygen atoms in total. The van der Waals surface area contributed by atoms with Crippen LogP contribution in [0.3, 0.4) is 0 Å². The van der Waals surface area contributed by atoms with Crippen LogP contribution in [0.1, 0.15) is 72.9 Å². The number of imidazole rings is 1. The minimum atomic E-state index is -1.33. The van der Waals surface area contributed by atoms with Gasteiger partial charge in [0.15, 0.2) is 11.9 Å². The lowest BCUT2D eigenvalue weighted by atomic mass is 10.0. The molecule has 3 N–H and O–H groups in total. The van der Waals surface area contributed by atoms with Crippen LogP contribution in [0.5, 0.6) is 0 Å². The van der Waals surface area contributed by atoms with Crippen molar-refractivity contribution in [3.05, 3.63) is 48.4 Å². The molecule has 1 unspecified atom stereocenters. The molecule has 0 bridgehead atoms. The number of rotatable bonds is 11. The molecule has 11 heteroatoms. The molecule has 2 aromatic rings. The first-order valence-corrected chi connectivity index (χ1v) is 12.7. The normalized spacial score (nSPS) is 13.1. The quantitative estimate of drug-likeness (QED) is 0.378. The average Bonchev–Trinajstić information content (AvgIpc) is 3.25. The third-order valence-electron chi connectivity index (χ3n) is 5.36. The van der Waals surface area contributed by atoms with Gasteiger partial charge in [0.05, 0.1) is 12.9 Å². The van der Waals surface area contributed by atoms with E-state index in [-0.39, 0.29) is 12.4 Å². The van der Waals surface area contributed by atoms with Crippen molar-refractivity contribution >= 4 is 29.7 Å². The topological polar surface area (TPSA) is 141 Å². The van der Waals surface area contributed by atoms with E-state index in [1.54, 1.807) is 44.4 Å². The highest BCUT2D eigenvalue weighted by atomic mass is 16.6. The number of nitrogens with zero attached hydrogens (tertiary/aromatic N) is 2. The molecule has 0 aliphatic heterocycles. The zero-order valence-electron chi connectivity index (χ0n) is 23.2. The molecule has 3 amide bonds. The van der Waals surface area contributed by atoms with Gasteiger partial charge in [0.2, 0.25) is 11.8 Å². The van der Waals surface area contributed by atoms with E-state index in [1.165, 1.54) is 26.4 Å². The fraction of sp³-hybridized carbons (Fsp3) is 0.519. The van der Waals surface area contributed by atoms with E-state index >= 15 is 0 Å². The van der Waals surface area contributed by atoms with Gasteiger partial charge < -0.3 is 30.0 Å². The Labute approximate surface area is 223 Å². The molecule has 0 fully saturated rings. The summed E-state index contributed by atoms with van der Waals surface area (Å²) in [5, 5.41) is 7.95. The van der Waals surface area contributed by atoms with Crippen molar-refractivity contribution in [2.45, 2.75) is 84.5 Å². The lowest BCUT2D eigenvalue weighted by Gasteiger charge is -2.29. The van der Waals surface area contributed by atoms with Crippen LogP contribution in [0.2, 0.25) is 0 Å². The van der Waals surface area contributed by atoms with Crippen LogP contribution < -0.4 is 16.0 Å². The van der Waals surface area contributed by atoms with Gasteiger partial charge in [-0.05, 0) is 53.5 Å². The molecule has 0 saturated heterocycles. The molecule has 38 heavy (non-hydrogen) atoms. The lowest BCUT2D eigenvalue weighted by Crippen LogP contribution is -2.58. The maximum atomic E-state index is 13.1. The number of alkyl carbamates (subject to hydrolysis) is 1. The number of nitrogens with one attached hydrogen (secondary N) is 3. The highest BCUT2D eigenvalue weighted by molar-refractivity contribution is 5.98. The second kappa shape index (κ2) is 13.1. The lowest BCUT2D eigenvalue weighted by molar-refractivity contribution is -0.145. The van der Waals surface area contributed by atoms with Crippen molar-refractivity contribution in [3.8, 4) is 0 Å². The van der Waals surface area contributed by atoms with Crippen LogP contribution in [-0.4, -0.2) is 57.2 Å². The fourth-order valence-corrected chi connectivity index (χ4v) is 3.55. The zero-order valence-corrected chi connectivity index (χ0v) is 23.2. The number of hydrogen-bond donors (Lipinski definition) is 3. The number of anilines is 1. The van der Waals surface area contributed by atoms with E-state index in [4.69, 9.17) is 9.47 Å². The van der Waals surface area contributed by atoms with Gasteiger partial charge >= 0.3 is 12.1 Å². The zero-order chi connectivity index (χ0) is 28.5. The Bertz CT molecular complexity index is 1110. The van der Waals surface area contributed by atoms with Gasteiger partial charge in [-0.15, -0.1) is 0 Å². The number of carbonyl (C=O) groups is 4. The van der Waals surface area contributed by atoms with Gasteiger partial charge in [-0.1, -0.05) is 43.7 Å². The summed E-state index contributed by atoms with van der Waals surface area (Å²) in [5.41, 5.74) is -1.35. The molecule has 1 aromatic carbocycles. The number of benzene rings is 1. The molecule has 0 saturated carbocycles. The summed E-state index contributed by atoms with van der Waals surface area (Å²) in [6.45, 7) is 12.0. The third kappa shape index (κ3) is 8.89. The smallest absolute Gasteiger partial charge is 0.408 e. The molecule has 0 radical (unpaired) electrons. The van der Waals surface area contributed by atoms with E-state index < -0.39 is 47.1 Å². The van der Waals surface area contributed by atoms with E-state index in [9.17, 15) is 19.2 Å². The highest BCUT2D eigenvalue weighted by Crippen LogP contribution is 2.22. The van der Waals surface area contributed by atoms with Crippen LogP contribution in [-0.2, 0) is 23.9 Å². The van der Waals surface area contributed by atoms with Gasteiger partial charge in [-0.25, -0.2) is 14.6 Å². The van der Waals surface area contributed by atoms with Crippen LogP contribution in [0.4, 0.5) is 10.6 Å².